The van der Waals surface area contributed by atoms with Gasteiger partial charge in [0.15, 0.2) is 0 Å². The Labute approximate surface area is 98.9 Å². The molecule has 4 nitrogen and oxygen atoms in total. The monoisotopic (exact) mass is 224 g/mol. The summed E-state index contributed by atoms with van der Waals surface area (Å²) in [7, 11) is 1.95. The lowest BCUT2D eigenvalue weighted by Gasteiger charge is -2.05. The van der Waals surface area contributed by atoms with Crippen LogP contribution in [0.1, 0.15) is 5.69 Å². The van der Waals surface area contributed by atoms with Crippen LogP contribution in [-0.2, 0) is 7.05 Å². The van der Waals surface area contributed by atoms with Crippen LogP contribution in [0.25, 0.3) is 22.2 Å². The van der Waals surface area contributed by atoms with Gasteiger partial charge in [-0.3, -0.25) is 14.6 Å². The van der Waals surface area contributed by atoms with Crippen LogP contribution in [0.4, 0.5) is 0 Å². The summed E-state index contributed by atoms with van der Waals surface area (Å²) in [5.74, 6) is 0. The van der Waals surface area contributed by atoms with Crippen molar-refractivity contribution in [1.29, 1.82) is 0 Å². The molecule has 0 atom stereocenters. The van der Waals surface area contributed by atoms with E-state index in [1.54, 1.807) is 12.4 Å². The Bertz CT molecular complexity index is 685. The summed E-state index contributed by atoms with van der Waals surface area (Å²) < 4.78 is 1.89. The molecule has 17 heavy (non-hydrogen) atoms. The van der Waals surface area contributed by atoms with E-state index < -0.39 is 0 Å². The van der Waals surface area contributed by atoms with Gasteiger partial charge in [-0.25, -0.2) is 0 Å². The maximum Gasteiger partial charge on any atom is 0.0960 e. The second kappa shape index (κ2) is 3.66. The lowest BCUT2D eigenvalue weighted by Crippen LogP contribution is -1.96. The Morgan fingerprint density at radius 1 is 1.18 bits per heavy atom. The van der Waals surface area contributed by atoms with Crippen LogP contribution in [0, 0.1) is 6.92 Å². The van der Waals surface area contributed by atoms with Crippen molar-refractivity contribution < 1.29 is 0 Å². The average molecular weight is 224 g/mol. The van der Waals surface area contributed by atoms with Crippen molar-refractivity contribution in [3.63, 3.8) is 0 Å². The summed E-state index contributed by atoms with van der Waals surface area (Å²) >= 11 is 0. The fourth-order valence-corrected chi connectivity index (χ4v) is 2.10. The van der Waals surface area contributed by atoms with Gasteiger partial charge in [0, 0.05) is 42.3 Å². The third kappa shape index (κ3) is 1.49. The number of hydrogen-bond donors (Lipinski definition) is 0. The second-order valence-corrected chi connectivity index (χ2v) is 4.00. The summed E-state index contributed by atoms with van der Waals surface area (Å²) in [6, 6.07) is 5.92. The van der Waals surface area contributed by atoms with Gasteiger partial charge in [-0.15, -0.1) is 0 Å². The molecule has 4 heteroatoms. The summed E-state index contributed by atoms with van der Waals surface area (Å²) in [5.41, 5.74) is 4.13. The molecule has 0 amide bonds. The Kier molecular flexibility index (Phi) is 2.14. The highest BCUT2D eigenvalue weighted by atomic mass is 15.3. The van der Waals surface area contributed by atoms with Gasteiger partial charge < -0.3 is 0 Å². The minimum absolute atomic E-state index is 0.959. The second-order valence-electron chi connectivity index (χ2n) is 4.00. The van der Waals surface area contributed by atoms with E-state index in [4.69, 9.17) is 0 Å². The molecule has 3 aromatic rings. The van der Waals surface area contributed by atoms with Crippen LogP contribution in [-0.4, -0.2) is 19.7 Å². The zero-order valence-corrected chi connectivity index (χ0v) is 9.75. The van der Waals surface area contributed by atoms with Crippen molar-refractivity contribution in [2.24, 2.45) is 7.05 Å². The van der Waals surface area contributed by atoms with Gasteiger partial charge in [0.05, 0.1) is 11.2 Å². The van der Waals surface area contributed by atoms with E-state index in [9.17, 15) is 0 Å². The highest BCUT2D eigenvalue weighted by Crippen LogP contribution is 2.28. The van der Waals surface area contributed by atoms with E-state index in [2.05, 4.69) is 21.1 Å². The Hall–Kier alpha value is -2.23. The van der Waals surface area contributed by atoms with Gasteiger partial charge in [-0.05, 0) is 25.1 Å². The molecule has 0 radical (unpaired) electrons. The van der Waals surface area contributed by atoms with E-state index >= 15 is 0 Å². The quantitative estimate of drug-likeness (QED) is 0.637. The summed E-state index contributed by atoms with van der Waals surface area (Å²) in [6.45, 7) is 2.00. The highest BCUT2D eigenvalue weighted by molar-refractivity contribution is 5.93. The number of fused-ring (bicyclic) bond motifs is 1. The highest BCUT2D eigenvalue weighted by Gasteiger charge is 2.12. The van der Waals surface area contributed by atoms with Crippen molar-refractivity contribution in [3.8, 4) is 11.3 Å². The third-order valence-corrected chi connectivity index (χ3v) is 2.90. The molecule has 3 aromatic heterocycles. The van der Waals surface area contributed by atoms with E-state index in [1.165, 1.54) is 0 Å². The standard InChI is InChI=1S/C13H12N4/c1-9-10(4-3-6-15-9)13-11-8-14-7-5-12(11)16-17(13)2/h3-8H,1-2H3. The lowest BCUT2D eigenvalue weighted by atomic mass is 10.1. The average Bonchev–Trinajstić information content (AvgIpc) is 2.66. The van der Waals surface area contributed by atoms with Crippen LogP contribution < -0.4 is 0 Å². The maximum atomic E-state index is 4.48. The van der Waals surface area contributed by atoms with E-state index in [0.717, 1.165) is 27.9 Å². The van der Waals surface area contributed by atoms with Gasteiger partial charge in [-0.2, -0.15) is 5.10 Å². The first-order valence-electron chi connectivity index (χ1n) is 5.46. The molecule has 0 N–H and O–H groups in total. The molecule has 0 aliphatic carbocycles. The minimum atomic E-state index is 0.959. The number of hydrogen-bond acceptors (Lipinski definition) is 3. The topological polar surface area (TPSA) is 43.6 Å². The van der Waals surface area contributed by atoms with E-state index in [0.29, 0.717) is 0 Å². The zero-order valence-electron chi connectivity index (χ0n) is 9.75. The van der Waals surface area contributed by atoms with Crippen LogP contribution in [0.15, 0.2) is 36.8 Å². The van der Waals surface area contributed by atoms with Gasteiger partial charge in [0.2, 0.25) is 0 Å². The summed E-state index contributed by atoms with van der Waals surface area (Å²) in [4.78, 5) is 8.49. The van der Waals surface area contributed by atoms with Crippen LogP contribution in [0.3, 0.4) is 0 Å². The first-order chi connectivity index (χ1) is 8.27. The molecular formula is C13H12N4. The molecule has 84 valence electrons. The van der Waals surface area contributed by atoms with Crippen molar-refractivity contribution in [2.45, 2.75) is 6.92 Å². The largest absolute Gasteiger partial charge is 0.267 e. The zero-order chi connectivity index (χ0) is 11.8. The summed E-state index contributed by atoms with van der Waals surface area (Å²) in [6.07, 6.45) is 5.41. The van der Waals surface area contributed by atoms with Crippen molar-refractivity contribution in [3.05, 3.63) is 42.5 Å². The molecule has 0 aliphatic rings. The van der Waals surface area contributed by atoms with Crippen molar-refractivity contribution in [1.82, 2.24) is 19.7 Å². The molecule has 0 bridgehead atoms. The van der Waals surface area contributed by atoms with Crippen molar-refractivity contribution in [2.75, 3.05) is 0 Å². The molecule has 0 spiro atoms. The van der Waals surface area contributed by atoms with E-state index in [-0.39, 0.29) is 0 Å². The molecule has 0 unspecified atom stereocenters. The fraction of sp³-hybridized carbons (Fsp3) is 0.154. The summed E-state index contributed by atoms with van der Waals surface area (Å²) in [5, 5.41) is 5.54. The normalized spacial score (nSPS) is 10.9. The molecule has 0 aromatic carbocycles. The number of aromatic nitrogens is 4. The molecule has 0 saturated carbocycles. The third-order valence-electron chi connectivity index (χ3n) is 2.90. The number of aryl methyl sites for hydroxylation is 2. The smallest absolute Gasteiger partial charge is 0.0960 e. The number of nitrogens with zero attached hydrogens (tertiary/aromatic N) is 4. The van der Waals surface area contributed by atoms with Gasteiger partial charge in [0.25, 0.3) is 0 Å². The Morgan fingerprint density at radius 3 is 2.88 bits per heavy atom. The van der Waals surface area contributed by atoms with Crippen LogP contribution in [0.2, 0.25) is 0 Å². The van der Waals surface area contributed by atoms with Crippen LogP contribution >= 0.6 is 0 Å². The lowest BCUT2D eigenvalue weighted by molar-refractivity contribution is 0.787. The van der Waals surface area contributed by atoms with Gasteiger partial charge in [-0.1, -0.05) is 0 Å². The Balaban J connectivity index is 2.38. The number of rotatable bonds is 1. The first kappa shape index (κ1) is 9.96. The molecule has 0 fully saturated rings. The predicted octanol–water partition coefficient (Wildman–Crippen LogP) is 2.34. The van der Waals surface area contributed by atoms with Crippen LogP contribution in [0.5, 0.6) is 0 Å². The predicted molar refractivity (Wildman–Crippen MR) is 66.5 cm³/mol. The molecule has 3 heterocycles. The molecule has 0 aliphatic heterocycles. The first-order valence-corrected chi connectivity index (χ1v) is 5.46. The Morgan fingerprint density at radius 2 is 2.06 bits per heavy atom. The maximum absolute atomic E-state index is 4.48. The fourth-order valence-electron chi connectivity index (χ4n) is 2.10. The van der Waals surface area contributed by atoms with Gasteiger partial charge in [0.1, 0.15) is 0 Å². The number of pyridine rings is 2. The van der Waals surface area contributed by atoms with E-state index in [1.807, 2.05) is 37.0 Å². The molecule has 3 rings (SSSR count). The minimum Gasteiger partial charge on any atom is -0.267 e. The van der Waals surface area contributed by atoms with Crippen molar-refractivity contribution >= 4 is 10.9 Å². The molecule has 0 saturated heterocycles. The SMILES string of the molecule is Cc1ncccc1-c1c2cnccc2nn1C. The molecular weight excluding hydrogens is 212 g/mol. The van der Waals surface area contributed by atoms with Gasteiger partial charge >= 0.3 is 0 Å².